The minimum Gasteiger partial charge on any atom is -0.328 e. The van der Waals surface area contributed by atoms with Gasteiger partial charge >= 0.3 is 0 Å². The summed E-state index contributed by atoms with van der Waals surface area (Å²) in [4.78, 5) is 0. The zero-order chi connectivity index (χ0) is 13.2. The van der Waals surface area contributed by atoms with Gasteiger partial charge in [0.1, 0.15) is 0 Å². The normalized spacial score (nSPS) is 13.3. The van der Waals surface area contributed by atoms with Gasteiger partial charge in [0.25, 0.3) is 0 Å². The maximum atomic E-state index is 5.83. The van der Waals surface area contributed by atoms with Crippen molar-refractivity contribution in [3.05, 3.63) is 35.2 Å². The van der Waals surface area contributed by atoms with Gasteiger partial charge in [-0.1, -0.05) is 38.5 Å². The lowest BCUT2D eigenvalue weighted by molar-refractivity contribution is 0.443. The minimum absolute atomic E-state index is 0. The Balaban J connectivity index is 0.00000180. The highest BCUT2D eigenvalue weighted by atomic mass is 35.5. The van der Waals surface area contributed by atoms with Crippen molar-refractivity contribution in [1.82, 2.24) is 0 Å². The number of rotatable bonds is 5. The maximum Gasteiger partial charge on any atom is 0.0345 e. The average molecular weight is 298 g/mol. The lowest BCUT2D eigenvalue weighted by Gasteiger charge is -2.25. The minimum atomic E-state index is 0. The van der Waals surface area contributed by atoms with Crippen molar-refractivity contribution in [3.8, 4) is 0 Å². The number of thiophene rings is 1. The van der Waals surface area contributed by atoms with Crippen LogP contribution < -0.4 is 5.73 Å². The van der Waals surface area contributed by atoms with E-state index in [-0.39, 0.29) is 17.8 Å². The molecule has 2 aromatic rings. The molecular weight excluding hydrogens is 274 g/mol. The molecule has 1 heterocycles. The highest BCUT2D eigenvalue weighted by Crippen LogP contribution is 2.37. The molecule has 0 fully saturated rings. The summed E-state index contributed by atoms with van der Waals surface area (Å²) < 4.78 is 1.40. The van der Waals surface area contributed by atoms with Crippen LogP contribution in [-0.2, 0) is 5.41 Å². The Bertz CT molecular complexity index is 516. The van der Waals surface area contributed by atoms with E-state index in [1.54, 1.807) is 0 Å². The largest absolute Gasteiger partial charge is 0.328 e. The molecule has 3 heteroatoms. The predicted molar refractivity (Wildman–Crippen MR) is 89.6 cm³/mol. The molecule has 0 radical (unpaired) electrons. The third-order valence-corrected chi connectivity index (χ3v) is 4.63. The van der Waals surface area contributed by atoms with Gasteiger partial charge < -0.3 is 5.73 Å². The van der Waals surface area contributed by atoms with Crippen LogP contribution in [0.1, 0.15) is 45.6 Å². The molecule has 2 N–H and O–H groups in total. The van der Waals surface area contributed by atoms with Gasteiger partial charge in [0.05, 0.1) is 0 Å². The van der Waals surface area contributed by atoms with Gasteiger partial charge in [-0.15, -0.1) is 23.7 Å². The van der Waals surface area contributed by atoms with Gasteiger partial charge in [-0.25, -0.2) is 0 Å². The van der Waals surface area contributed by atoms with Crippen LogP contribution in [0.4, 0.5) is 0 Å². The van der Waals surface area contributed by atoms with Crippen molar-refractivity contribution in [1.29, 1.82) is 0 Å². The summed E-state index contributed by atoms with van der Waals surface area (Å²) in [5.74, 6) is 0. The highest BCUT2D eigenvalue weighted by Gasteiger charge is 2.23. The lowest BCUT2D eigenvalue weighted by atomic mass is 9.80. The van der Waals surface area contributed by atoms with E-state index in [9.17, 15) is 0 Å². The van der Waals surface area contributed by atoms with Gasteiger partial charge in [0.15, 0.2) is 0 Å². The Morgan fingerprint density at radius 3 is 2.63 bits per heavy atom. The molecule has 0 aliphatic rings. The van der Waals surface area contributed by atoms with Crippen LogP contribution in [0, 0.1) is 0 Å². The summed E-state index contributed by atoms with van der Waals surface area (Å²) in [6, 6.07) is 9.03. The Morgan fingerprint density at radius 1 is 1.26 bits per heavy atom. The first kappa shape index (κ1) is 16.5. The van der Waals surface area contributed by atoms with Crippen LogP contribution >= 0.6 is 23.7 Å². The lowest BCUT2D eigenvalue weighted by Crippen LogP contribution is -2.19. The monoisotopic (exact) mass is 297 g/mol. The molecule has 1 aromatic carbocycles. The molecule has 19 heavy (non-hydrogen) atoms. The van der Waals surface area contributed by atoms with E-state index in [0.717, 1.165) is 6.42 Å². The molecule has 2 rings (SSSR count). The number of fused-ring (bicyclic) bond motifs is 1. The Labute approximate surface area is 126 Å². The summed E-state index contributed by atoms with van der Waals surface area (Å²) in [7, 11) is 0. The molecule has 0 bridgehead atoms. The fraction of sp³-hybridized carbons (Fsp3) is 0.500. The van der Waals surface area contributed by atoms with Crippen molar-refractivity contribution in [2.45, 2.75) is 51.5 Å². The average Bonchev–Trinajstić information content (AvgIpc) is 2.72. The molecule has 1 aromatic heterocycles. The molecular formula is C16H24ClNS. The zero-order valence-electron chi connectivity index (χ0n) is 12.0. The fourth-order valence-electron chi connectivity index (χ4n) is 2.50. The molecule has 0 spiro atoms. The Hall–Kier alpha value is -0.570. The van der Waals surface area contributed by atoms with E-state index in [1.807, 2.05) is 11.3 Å². The highest BCUT2D eigenvalue weighted by molar-refractivity contribution is 7.17. The second-order valence-electron chi connectivity index (χ2n) is 5.90. The molecule has 1 unspecified atom stereocenters. The number of benzene rings is 1. The van der Waals surface area contributed by atoms with Crippen LogP contribution in [0.5, 0.6) is 0 Å². The van der Waals surface area contributed by atoms with Crippen LogP contribution in [0.2, 0.25) is 0 Å². The number of halogens is 1. The SMILES string of the molecule is CC(N)CCCC(C)(C)c1csc2ccccc12.Cl. The standard InChI is InChI=1S/C16H23NS.ClH/c1-12(17)7-6-10-16(2,3)14-11-18-15-9-5-4-8-13(14)15;/h4-5,8-9,11-12H,6-7,10,17H2,1-3H3;1H. The van der Waals surface area contributed by atoms with E-state index in [4.69, 9.17) is 5.73 Å². The molecule has 1 nitrogen and oxygen atoms in total. The molecule has 0 aliphatic heterocycles. The maximum absolute atomic E-state index is 5.83. The number of nitrogens with two attached hydrogens (primary N) is 1. The number of hydrogen-bond donors (Lipinski definition) is 1. The molecule has 0 saturated carbocycles. The van der Waals surface area contributed by atoms with Gasteiger partial charge in [-0.2, -0.15) is 0 Å². The van der Waals surface area contributed by atoms with Gasteiger partial charge in [-0.05, 0) is 47.6 Å². The summed E-state index contributed by atoms with van der Waals surface area (Å²) in [6.45, 7) is 6.79. The molecule has 1 atom stereocenters. The smallest absolute Gasteiger partial charge is 0.0345 e. The van der Waals surface area contributed by atoms with E-state index in [1.165, 1.54) is 28.5 Å². The Morgan fingerprint density at radius 2 is 1.95 bits per heavy atom. The van der Waals surface area contributed by atoms with E-state index in [0.29, 0.717) is 6.04 Å². The first-order valence-electron chi connectivity index (χ1n) is 6.73. The quantitative estimate of drug-likeness (QED) is 0.814. The van der Waals surface area contributed by atoms with Crippen molar-refractivity contribution in [2.24, 2.45) is 5.73 Å². The second-order valence-corrected chi connectivity index (χ2v) is 6.81. The molecule has 0 amide bonds. The van der Waals surface area contributed by atoms with Crippen LogP contribution in [-0.4, -0.2) is 6.04 Å². The van der Waals surface area contributed by atoms with Crippen molar-refractivity contribution >= 4 is 33.8 Å². The first-order chi connectivity index (χ1) is 8.50. The van der Waals surface area contributed by atoms with Gasteiger partial charge in [-0.3, -0.25) is 0 Å². The van der Waals surface area contributed by atoms with E-state index < -0.39 is 0 Å². The van der Waals surface area contributed by atoms with E-state index in [2.05, 4.69) is 50.4 Å². The van der Waals surface area contributed by atoms with Crippen LogP contribution in [0.3, 0.4) is 0 Å². The van der Waals surface area contributed by atoms with Crippen LogP contribution in [0.25, 0.3) is 10.1 Å². The van der Waals surface area contributed by atoms with E-state index >= 15 is 0 Å². The molecule has 0 aliphatic carbocycles. The number of hydrogen-bond acceptors (Lipinski definition) is 2. The third kappa shape index (κ3) is 3.95. The molecule has 0 saturated heterocycles. The van der Waals surface area contributed by atoms with Crippen molar-refractivity contribution in [3.63, 3.8) is 0 Å². The predicted octanol–water partition coefficient (Wildman–Crippen LogP) is 5.12. The van der Waals surface area contributed by atoms with Crippen molar-refractivity contribution in [2.75, 3.05) is 0 Å². The van der Waals surface area contributed by atoms with Crippen LogP contribution in [0.15, 0.2) is 29.6 Å². The summed E-state index contributed by atoms with van der Waals surface area (Å²) in [6.07, 6.45) is 3.52. The zero-order valence-corrected chi connectivity index (χ0v) is 13.6. The summed E-state index contributed by atoms with van der Waals surface area (Å²) >= 11 is 1.86. The Kier molecular flexibility index (Phi) is 5.84. The fourth-order valence-corrected chi connectivity index (χ4v) is 3.66. The van der Waals surface area contributed by atoms with Gasteiger partial charge in [0, 0.05) is 10.7 Å². The summed E-state index contributed by atoms with van der Waals surface area (Å²) in [5, 5.41) is 3.75. The first-order valence-corrected chi connectivity index (χ1v) is 7.61. The van der Waals surface area contributed by atoms with Crippen molar-refractivity contribution < 1.29 is 0 Å². The second kappa shape index (κ2) is 6.74. The molecule has 106 valence electrons. The topological polar surface area (TPSA) is 26.0 Å². The summed E-state index contributed by atoms with van der Waals surface area (Å²) in [5.41, 5.74) is 7.57. The third-order valence-electron chi connectivity index (χ3n) is 3.67. The van der Waals surface area contributed by atoms with Gasteiger partial charge in [0.2, 0.25) is 0 Å².